The van der Waals surface area contributed by atoms with Crippen LogP contribution in [-0.4, -0.2) is 46.5 Å². The third-order valence-corrected chi connectivity index (χ3v) is 8.96. The molecule has 0 amide bonds. The average Bonchev–Trinajstić information content (AvgIpc) is 3.55. The zero-order valence-electron chi connectivity index (χ0n) is 22.7. The SMILES string of the molecule is CCC1CC(OCc2c(-c3cccc(F)c3)noc2C2CC2)CC(C)N1c1nc2c(OC)cc(C(=O)O)cc2s1. The van der Waals surface area contributed by atoms with Gasteiger partial charge in [-0.1, -0.05) is 35.5 Å². The molecule has 0 radical (unpaired) electrons. The number of thiazole rings is 1. The molecule has 0 bridgehead atoms. The summed E-state index contributed by atoms with van der Waals surface area (Å²) >= 11 is 1.49. The second-order valence-corrected chi connectivity index (χ2v) is 11.7. The summed E-state index contributed by atoms with van der Waals surface area (Å²) in [5.74, 6) is 0.381. The van der Waals surface area contributed by atoms with Gasteiger partial charge in [-0.05, 0) is 63.3 Å². The normalized spacial score (nSPS) is 21.2. The van der Waals surface area contributed by atoms with Gasteiger partial charge in [-0.2, -0.15) is 0 Å². The van der Waals surface area contributed by atoms with Gasteiger partial charge in [0.2, 0.25) is 0 Å². The standard InChI is InChI=1S/C30H32FN3O5S/c1-4-21-14-22(38-15-23-26(18-6-5-7-20(31)11-18)33-39-28(23)17-8-9-17)10-16(2)34(21)30-32-27-24(37-3)12-19(29(35)36)13-25(27)40-30/h5-7,11-13,16-17,21-22H,4,8-10,14-15H2,1-3H3,(H,35,36). The van der Waals surface area contributed by atoms with Crippen molar-refractivity contribution in [2.24, 2.45) is 0 Å². The number of hydrogen-bond donors (Lipinski definition) is 1. The van der Waals surface area contributed by atoms with Crippen LogP contribution in [0.1, 0.15) is 73.6 Å². The van der Waals surface area contributed by atoms with Crippen LogP contribution in [0.15, 0.2) is 40.9 Å². The van der Waals surface area contributed by atoms with E-state index in [0.717, 1.165) is 53.3 Å². The molecule has 2 fully saturated rings. The highest BCUT2D eigenvalue weighted by molar-refractivity contribution is 7.22. The fraction of sp³-hybridized carbons (Fsp3) is 0.433. The molecule has 1 aliphatic carbocycles. The van der Waals surface area contributed by atoms with Gasteiger partial charge in [-0.15, -0.1) is 0 Å². The summed E-state index contributed by atoms with van der Waals surface area (Å²) in [6.45, 7) is 4.71. The van der Waals surface area contributed by atoms with E-state index in [2.05, 4.69) is 23.9 Å². The number of piperidine rings is 1. The highest BCUT2D eigenvalue weighted by Gasteiger charge is 2.37. The first-order valence-electron chi connectivity index (χ1n) is 13.7. The molecule has 1 saturated heterocycles. The second-order valence-electron chi connectivity index (χ2n) is 10.7. The van der Waals surface area contributed by atoms with Gasteiger partial charge >= 0.3 is 5.97 Å². The van der Waals surface area contributed by atoms with Crippen LogP contribution in [0.4, 0.5) is 9.52 Å². The van der Waals surface area contributed by atoms with Crippen LogP contribution in [0.2, 0.25) is 0 Å². The zero-order chi connectivity index (χ0) is 28.0. The molecule has 0 spiro atoms. The number of ether oxygens (including phenoxy) is 2. The first kappa shape index (κ1) is 26.7. The number of aromatic nitrogens is 2. The quantitative estimate of drug-likeness (QED) is 0.231. The van der Waals surface area contributed by atoms with Crippen molar-refractivity contribution >= 4 is 32.7 Å². The number of carboxylic acid groups (broad SMARTS) is 1. The fourth-order valence-corrected chi connectivity index (χ4v) is 6.98. The maximum absolute atomic E-state index is 14.0. The number of benzene rings is 2. The summed E-state index contributed by atoms with van der Waals surface area (Å²) in [6, 6.07) is 9.98. The maximum atomic E-state index is 14.0. The molecular formula is C30H32FN3O5S. The van der Waals surface area contributed by atoms with E-state index in [-0.39, 0.29) is 29.6 Å². The van der Waals surface area contributed by atoms with Crippen molar-refractivity contribution in [3.05, 3.63) is 59.1 Å². The first-order chi connectivity index (χ1) is 19.4. The molecule has 4 aromatic rings. The largest absolute Gasteiger partial charge is 0.494 e. The minimum atomic E-state index is -0.994. The van der Waals surface area contributed by atoms with Gasteiger partial charge < -0.3 is 24.0 Å². The van der Waals surface area contributed by atoms with Crippen molar-refractivity contribution in [1.29, 1.82) is 0 Å². The number of aromatic carboxylic acids is 1. The summed E-state index contributed by atoms with van der Waals surface area (Å²) in [4.78, 5) is 18.8. The number of rotatable bonds is 9. The summed E-state index contributed by atoms with van der Waals surface area (Å²) in [6.07, 6.45) is 4.71. The predicted octanol–water partition coefficient (Wildman–Crippen LogP) is 7.03. The molecule has 40 heavy (non-hydrogen) atoms. The fourth-order valence-electron chi connectivity index (χ4n) is 5.78. The van der Waals surface area contributed by atoms with Gasteiger partial charge in [-0.25, -0.2) is 14.2 Å². The van der Waals surface area contributed by atoms with Gasteiger partial charge in [0.1, 0.15) is 28.5 Å². The summed E-state index contributed by atoms with van der Waals surface area (Å²) in [7, 11) is 1.53. The monoisotopic (exact) mass is 565 g/mol. The van der Waals surface area contributed by atoms with Crippen molar-refractivity contribution in [3.8, 4) is 17.0 Å². The lowest BCUT2D eigenvalue weighted by atomic mass is 9.92. The molecule has 1 N–H and O–H groups in total. The zero-order valence-corrected chi connectivity index (χ0v) is 23.5. The number of nitrogens with zero attached hydrogens (tertiary/aromatic N) is 3. The van der Waals surface area contributed by atoms with E-state index >= 15 is 0 Å². The molecule has 2 aromatic heterocycles. The van der Waals surface area contributed by atoms with E-state index in [1.54, 1.807) is 12.1 Å². The predicted molar refractivity (Wildman–Crippen MR) is 151 cm³/mol. The first-order valence-corrected chi connectivity index (χ1v) is 14.5. The highest BCUT2D eigenvalue weighted by Crippen LogP contribution is 2.45. The van der Waals surface area contributed by atoms with E-state index in [1.165, 1.54) is 36.6 Å². The Morgan fingerprint density at radius 2 is 2.08 bits per heavy atom. The minimum absolute atomic E-state index is 0.0287. The van der Waals surface area contributed by atoms with Gasteiger partial charge in [-0.3, -0.25) is 0 Å². The lowest BCUT2D eigenvalue weighted by Gasteiger charge is -2.43. The molecule has 8 nitrogen and oxygen atoms in total. The van der Waals surface area contributed by atoms with Crippen LogP contribution in [0.25, 0.3) is 21.5 Å². The van der Waals surface area contributed by atoms with Gasteiger partial charge in [0.05, 0.1) is 30.1 Å². The number of hydrogen-bond acceptors (Lipinski definition) is 8. The molecule has 3 unspecified atom stereocenters. The Balaban J connectivity index is 1.22. The number of fused-ring (bicyclic) bond motifs is 1. The summed E-state index contributed by atoms with van der Waals surface area (Å²) in [5.41, 5.74) is 3.13. The summed E-state index contributed by atoms with van der Waals surface area (Å²) in [5, 5.41) is 14.7. The Labute approximate surface area is 235 Å². The number of methoxy groups -OCH3 is 1. The molecule has 2 aliphatic rings. The topological polar surface area (TPSA) is 97.9 Å². The van der Waals surface area contributed by atoms with E-state index in [0.29, 0.717) is 35.0 Å². The molecule has 10 heteroatoms. The Morgan fingerprint density at radius 3 is 2.77 bits per heavy atom. The second kappa shape index (κ2) is 10.8. The van der Waals surface area contributed by atoms with Gasteiger partial charge in [0.25, 0.3) is 0 Å². The van der Waals surface area contributed by atoms with E-state index in [4.69, 9.17) is 19.0 Å². The van der Waals surface area contributed by atoms with Crippen molar-refractivity contribution < 1.29 is 28.3 Å². The molecule has 210 valence electrons. The number of carbonyl (C=O) groups is 1. The van der Waals surface area contributed by atoms with Crippen molar-refractivity contribution in [2.75, 3.05) is 12.0 Å². The van der Waals surface area contributed by atoms with E-state index in [1.807, 2.05) is 6.07 Å². The molecule has 6 rings (SSSR count). The number of carboxylic acids is 1. The molecule has 1 saturated carbocycles. The molecule has 3 heterocycles. The van der Waals surface area contributed by atoms with Crippen molar-refractivity contribution in [1.82, 2.24) is 10.1 Å². The molecule has 1 aliphatic heterocycles. The minimum Gasteiger partial charge on any atom is -0.494 e. The third kappa shape index (κ3) is 5.06. The number of halogens is 1. The van der Waals surface area contributed by atoms with Crippen LogP contribution < -0.4 is 9.64 Å². The van der Waals surface area contributed by atoms with Crippen LogP contribution >= 0.6 is 11.3 Å². The highest BCUT2D eigenvalue weighted by atomic mass is 32.1. The Kier molecular flexibility index (Phi) is 7.22. The van der Waals surface area contributed by atoms with Crippen LogP contribution in [0.3, 0.4) is 0 Å². The van der Waals surface area contributed by atoms with Gasteiger partial charge in [0, 0.05) is 29.1 Å². The Morgan fingerprint density at radius 1 is 1.25 bits per heavy atom. The third-order valence-electron chi connectivity index (χ3n) is 7.94. The van der Waals surface area contributed by atoms with Crippen LogP contribution in [0, 0.1) is 5.82 Å². The van der Waals surface area contributed by atoms with E-state index < -0.39 is 5.97 Å². The Bertz CT molecular complexity index is 1550. The van der Waals surface area contributed by atoms with Crippen LogP contribution in [0.5, 0.6) is 5.75 Å². The summed E-state index contributed by atoms with van der Waals surface area (Å²) < 4.78 is 32.5. The van der Waals surface area contributed by atoms with Crippen molar-refractivity contribution in [3.63, 3.8) is 0 Å². The molecule has 3 atom stereocenters. The van der Waals surface area contributed by atoms with Crippen LogP contribution in [-0.2, 0) is 11.3 Å². The van der Waals surface area contributed by atoms with Crippen molar-refractivity contribution in [2.45, 2.75) is 76.7 Å². The number of anilines is 1. The molecular weight excluding hydrogens is 533 g/mol. The van der Waals surface area contributed by atoms with E-state index in [9.17, 15) is 14.3 Å². The molecule has 2 aromatic carbocycles. The Hall–Kier alpha value is -3.50. The lowest BCUT2D eigenvalue weighted by Crippen LogP contribution is -2.50. The smallest absolute Gasteiger partial charge is 0.335 e. The average molecular weight is 566 g/mol. The maximum Gasteiger partial charge on any atom is 0.335 e. The van der Waals surface area contributed by atoms with Gasteiger partial charge in [0.15, 0.2) is 5.13 Å². The lowest BCUT2D eigenvalue weighted by molar-refractivity contribution is 0.00782.